The summed E-state index contributed by atoms with van der Waals surface area (Å²) in [5, 5.41) is 2.67. The molecule has 0 spiro atoms. The molecular weight excluding hydrogens is 715 g/mol. The molecule has 0 N–H and O–H groups in total. The lowest BCUT2D eigenvalue weighted by Gasteiger charge is -2.35. The van der Waals surface area contributed by atoms with Gasteiger partial charge in [-0.3, -0.25) is 0 Å². The van der Waals surface area contributed by atoms with Crippen LogP contribution in [-0.4, -0.2) is 7.11 Å². The number of rotatable bonds is 7. The summed E-state index contributed by atoms with van der Waals surface area (Å²) in [7, 11) is 1.72. The summed E-state index contributed by atoms with van der Waals surface area (Å²) < 4.78 is 5.62. The largest absolute Gasteiger partial charge is 0.497 e. The number of fused-ring (bicyclic) bond motifs is 5. The van der Waals surface area contributed by atoms with E-state index in [1.807, 2.05) is 12.1 Å². The molecule has 0 aliphatic heterocycles. The van der Waals surface area contributed by atoms with Crippen LogP contribution in [0.25, 0.3) is 44.2 Å². The number of nitrogens with zero attached hydrogens (tertiary/aromatic N) is 1. The van der Waals surface area contributed by atoms with Crippen LogP contribution in [-0.2, 0) is 10.8 Å². The van der Waals surface area contributed by atoms with Crippen molar-refractivity contribution < 1.29 is 4.74 Å². The number of anilines is 3. The lowest BCUT2D eigenvalue weighted by Crippen LogP contribution is -2.28. The molecule has 0 aromatic heterocycles. The Morgan fingerprint density at radius 3 is 1.64 bits per heavy atom. The molecule has 0 unspecified atom stereocenters. The number of hydrogen-bond acceptors (Lipinski definition) is 2. The molecule has 11 rings (SSSR count). The van der Waals surface area contributed by atoms with Gasteiger partial charge in [0.1, 0.15) is 5.75 Å². The summed E-state index contributed by atoms with van der Waals surface area (Å²) in [5.74, 6) is 0.828. The fourth-order valence-corrected chi connectivity index (χ4v) is 10.3. The summed E-state index contributed by atoms with van der Waals surface area (Å²) in [5.41, 5.74) is 18.1. The maximum atomic E-state index is 5.62. The number of ether oxygens (including phenoxy) is 1. The van der Waals surface area contributed by atoms with Gasteiger partial charge >= 0.3 is 0 Å². The van der Waals surface area contributed by atoms with Gasteiger partial charge in [-0.25, -0.2) is 0 Å². The zero-order chi connectivity index (χ0) is 39.7. The van der Waals surface area contributed by atoms with E-state index in [4.69, 9.17) is 4.74 Å². The SMILES string of the molecule is COc1ccc(N(c2ccc(-c3ccc4c(c3)-c3cccc5cccc(c35)C4(C)C)cc2)c2ccc3c(c2)C(c2ccccc2)(c2ccccc2)c2ccccc2-3)cc1. The van der Waals surface area contributed by atoms with Crippen molar-refractivity contribution in [3.8, 4) is 39.1 Å². The summed E-state index contributed by atoms with van der Waals surface area (Å²) in [6.07, 6.45) is 0. The monoisotopic (exact) mass is 757 g/mol. The van der Waals surface area contributed by atoms with Crippen molar-refractivity contribution in [2.45, 2.75) is 24.7 Å². The van der Waals surface area contributed by atoms with Gasteiger partial charge in [0.2, 0.25) is 0 Å². The summed E-state index contributed by atoms with van der Waals surface area (Å²) in [6.45, 7) is 4.72. The molecule has 9 aromatic rings. The molecule has 2 aliphatic carbocycles. The molecule has 2 nitrogen and oxygen atoms in total. The molecule has 59 heavy (non-hydrogen) atoms. The Hall–Kier alpha value is -7.16. The van der Waals surface area contributed by atoms with Gasteiger partial charge in [-0.05, 0) is 132 Å². The number of benzene rings is 9. The van der Waals surface area contributed by atoms with Crippen LogP contribution in [0.1, 0.15) is 47.2 Å². The number of hydrogen-bond donors (Lipinski definition) is 0. The minimum atomic E-state index is -0.494. The van der Waals surface area contributed by atoms with E-state index in [-0.39, 0.29) is 5.41 Å². The van der Waals surface area contributed by atoms with Crippen molar-refractivity contribution in [1.29, 1.82) is 0 Å². The number of methoxy groups -OCH3 is 1. The first-order chi connectivity index (χ1) is 29.0. The lowest BCUT2D eigenvalue weighted by atomic mass is 9.67. The molecular formula is C57H43NO. The van der Waals surface area contributed by atoms with Crippen LogP contribution in [0.5, 0.6) is 5.75 Å². The van der Waals surface area contributed by atoms with Crippen LogP contribution in [0, 0.1) is 0 Å². The van der Waals surface area contributed by atoms with E-state index < -0.39 is 5.41 Å². The molecule has 2 aliphatic rings. The summed E-state index contributed by atoms with van der Waals surface area (Å²) in [4.78, 5) is 2.38. The van der Waals surface area contributed by atoms with Crippen LogP contribution in [0.2, 0.25) is 0 Å². The molecule has 0 bridgehead atoms. The highest BCUT2D eigenvalue weighted by Crippen LogP contribution is 2.57. The van der Waals surface area contributed by atoms with E-state index in [2.05, 4.69) is 213 Å². The highest BCUT2D eigenvalue weighted by atomic mass is 16.5. The molecule has 0 atom stereocenters. The van der Waals surface area contributed by atoms with E-state index in [1.54, 1.807) is 7.11 Å². The molecule has 9 aromatic carbocycles. The van der Waals surface area contributed by atoms with Crippen molar-refractivity contribution in [2.75, 3.05) is 12.0 Å². The second-order valence-corrected chi connectivity index (χ2v) is 16.4. The Morgan fingerprint density at radius 2 is 0.949 bits per heavy atom. The van der Waals surface area contributed by atoms with Crippen molar-refractivity contribution in [3.05, 3.63) is 240 Å². The molecule has 282 valence electrons. The quantitative estimate of drug-likeness (QED) is 0.161. The maximum Gasteiger partial charge on any atom is 0.119 e. The van der Waals surface area contributed by atoms with E-state index >= 15 is 0 Å². The predicted octanol–water partition coefficient (Wildman–Crippen LogP) is 14.7. The zero-order valence-electron chi connectivity index (χ0n) is 33.5. The van der Waals surface area contributed by atoms with Crippen LogP contribution >= 0.6 is 0 Å². The first kappa shape index (κ1) is 35.0. The van der Waals surface area contributed by atoms with Crippen molar-refractivity contribution in [2.24, 2.45) is 0 Å². The third-order valence-corrected chi connectivity index (χ3v) is 13.1. The molecule has 0 heterocycles. The van der Waals surface area contributed by atoms with Gasteiger partial charge in [0.25, 0.3) is 0 Å². The fourth-order valence-electron chi connectivity index (χ4n) is 10.3. The molecule has 0 saturated carbocycles. The van der Waals surface area contributed by atoms with Gasteiger partial charge in [-0.1, -0.05) is 166 Å². The van der Waals surface area contributed by atoms with Crippen LogP contribution in [0.15, 0.2) is 206 Å². The van der Waals surface area contributed by atoms with Crippen LogP contribution in [0.4, 0.5) is 17.1 Å². The predicted molar refractivity (Wildman–Crippen MR) is 245 cm³/mol. The third-order valence-electron chi connectivity index (χ3n) is 13.1. The van der Waals surface area contributed by atoms with Crippen LogP contribution < -0.4 is 9.64 Å². The third kappa shape index (κ3) is 5.26. The smallest absolute Gasteiger partial charge is 0.119 e. The second-order valence-electron chi connectivity index (χ2n) is 16.4. The second kappa shape index (κ2) is 13.5. The maximum absolute atomic E-state index is 5.62. The zero-order valence-corrected chi connectivity index (χ0v) is 33.5. The Labute approximate surface area is 346 Å². The first-order valence-electron chi connectivity index (χ1n) is 20.5. The fraction of sp³-hybridized carbons (Fsp3) is 0.0877. The minimum absolute atomic E-state index is 0.0969. The molecule has 0 fully saturated rings. The molecule has 0 saturated heterocycles. The van der Waals surface area contributed by atoms with Gasteiger partial charge in [-0.15, -0.1) is 0 Å². The van der Waals surface area contributed by atoms with E-state index in [0.717, 1.165) is 22.8 Å². The highest BCUT2D eigenvalue weighted by molar-refractivity contribution is 6.04. The van der Waals surface area contributed by atoms with Crippen molar-refractivity contribution >= 4 is 27.8 Å². The summed E-state index contributed by atoms with van der Waals surface area (Å²) >= 11 is 0. The van der Waals surface area contributed by atoms with Crippen molar-refractivity contribution in [3.63, 3.8) is 0 Å². The van der Waals surface area contributed by atoms with Crippen LogP contribution in [0.3, 0.4) is 0 Å². The average Bonchev–Trinajstić information content (AvgIpc) is 3.59. The lowest BCUT2D eigenvalue weighted by molar-refractivity contribution is 0.415. The van der Waals surface area contributed by atoms with E-state index in [1.165, 1.54) is 77.5 Å². The van der Waals surface area contributed by atoms with E-state index in [0.29, 0.717) is 0 Å². The van der Waals surface area contributed by atoms with Gasteiger partial charge in [0.05, 0.1) is 12.5 Å². The average molecular weight is 758 g/mol. The van der Waals surface area contributed by atoms with Crippen molar-refractivity contribution in [1.82, 2.24) is 0 Å². The first-order valence-corrected chi connectivity index (χ1v) is 20.5. The molecule has 0 radical (unpaired) electrons. The van der Waals surface area contributed by atoms with E-state index in [9.17, 15) is 0 Å². The normalized spacial score (nSPS) is 13.9. The van der Waals surface area contributed by atoms with Gasteiger partial charge in [0, 0.05) is 22.5 Å². The molecule has 2 heteroatoms. The topological polar surface area (TPSA) is 12.5 Å². The summed E-state index contributed by atoms with van der Waals surface area (Å²) in [6, 6.07) is 76.0. The Kier molecular flexibility index (Phi) is 8.00. The molecule has 0 amide bonds. The Balaban J connectivity index is 1.06. The Bertz CT molecular complexity index is 2990. The van der Waals surface area contributed by atoms with Gasteiger partial charge in [-0.2, -0.15) is 0 Å². The van der Waals surface area contributed by atoms with Gasteiger partial charge < -0.3 is 9.64 Å². The minimum Gasteiger partial charge on any atom is -0.497 e. The Morgan fingerprint density at radius 1 is 0.390 bits per heavy atom. The standard InChI is InChI=1S/C57H43NO/c1-56(2)51-35-26-40(36-50(51)49-21-12-14-39-15-13-23-53(56)55(39)49)38-24-27-43(28-25-38)58(44-29-32-46(59-3)33-30-44)45-31-34-48-47-20-10-11-22-52(47)57(54(48)37-45,41-16-6-4-7-17-41)42-18-8-5-9-19-42/h4-37H,1-3H3. The van der Waals surface area contributed by atoms with Gasteiger partial charge in [0.15, 0.2) is 0 Å². The highest BCUT2D eigenvalue weighted by Gasteiger charge is 2.46.